The third-order valence-corrected chi connectivity index (χ3v) is 9.58. The second-order valence-electron chi connectivity index (χ2n) is 12.1. The molecule has 2 aliphatic heterocycles. The second-order valence-corrected chi connectivity index (χ2v) is 13.0. The van der Waals surface area contributed by atoms with E-state index in [0.29, 0.717) is 42.2 Å². The number of nitrogens with zero attached hydrogens (tertiary/aromatic N) is 4. The van der Waals surface area contributed by atoms with Crippen LogP contribution in [0.5, 0.6) is 0 Å². The quantitative estimate of drug-likeness (QED) is 0.234. The number of benzene rings is 2. The topological polar surface area (TPSA) is 99.7 Å². The van der Waals surface area contributed by atoms with Crippen molar-refractivity contribution in [3.63, 3.8) is 0 Å². The fraction of sp³-hybridized carbons (Fsp3) is 0.529. The molecule has 2 N–H and O–H groups in total. The molecular weight excluding hydrogens is 572 g/mol. The van der Waals surface area contributed by atoms with E-state index < -0.39 is 0 Å². The van der Waals surface area contributed by atoms with Crippen LogP contribution in [-0.4, -0.2) is 72.8 Å². The van der Waals surface area contributed by atoms with Gasteiger partial charge >= 0.3 is 0 Å². The predicted molar refractivity (Wildman–Crippen MR) is 176 cm³/mol. The number of hydrogen-bond donors (Lipinski definition) is 2. The average molecular weight is 619 g/mol. The maximum atomic E-state index is 12.8. The molecule has 2 aromatic carbocycles. The van der Waals surface area contributed by atoms with E-state index in [-0.39, 0.29) is 11.8 Å². The van der Waals surface area contributed by atoms with Crippen molar-refractivity contribution in [2.75, 3.05) is 56.1 Å². The first kappa shape index (κ1) is 32.1. The van der Waals surface area contributed by atoms with Gasteiger partial charge in [-0.05, 0) is 93.3 Å². The maximum Gasteiger partial charge on any atom is 0.251 e. The Balaban J connectivity index is 0.961. The molecule has 1 aromatic heterocycles. The molecule has 44 heavy (non-hydrogen) atoms. The van der Waals surface area contributed by atoms with Gasteiger partial charge in [-0.3, -0.25) is 9.59 Å². The van der Waals surface area contributed by atoms with E-state index in [1.807, 2.05) is 54.6 Å². The van der Waals surface area contributed by atoms with Gasteiger partial charge in [0.2, 0.25) is 16.2 Å². The summed E-state index contributed by atoms with van der Waals surface area (Å²) in [6.45, 7) is 9.50. The smallest absolute Gasteiger partial charge is 0.251 e. The summed E-state index contributed by atoms with van der Waals surface area (Å²) in [4.78, 5) is 29.9. The summed E-state index contributed by atoms with van der Waals surface area (Å²) < 4.78 is 6.03. The fourth-order valence-electron chi connectivity index (χ4n) is 6.06. The number of nitrogens with one attached hydrogen (secondary N) is 2. The van der Waals surface area contributed by atoms with E-state index in [9.17, 15) is 9.59 Å². The van der Waals surface area contributed by atoms with Crippen molar-refractivity contribution in [2.24, 2.45) is 11.8 Å². The monoisotopic (exact) mass is 618 g/mol. The van der Waals surface area contributed by atoms with Gasteiger partial charge in [-0.1, -0.05) is 60.7 Å². The summed E-state index contributed by atoms with van der Waals surface area (Å²) in [7, 11) is 0. The molecule has 0 spiro atoms. The Morgan fingerprint density at radius 3 is 2.45 bits per heavy atom. The highest BCUT2D eigenvalue weighted by Gasteiger charge is 2.23. The normalized spacial score (nSPS) is 16.6. The lowest BCUT2D eigenvalue weighted by molar-refractivity contribution is -0.115. The molecule has 3 heterocycles. The number of carbonyl (C=O) groups excluding carboxylic acids is 2. The highest BCUT2D eigenvalue weighted by atomic mass is 32.1. The molecule has 0 atom stereocenters. The van der Waals surface area contributed by atoms with Gasteiger partial charge in [0.05, 0.1) is 13.0 Å². The molecule has 2 fully saturated rings. The van der Waals surface area contributed by atoms with Crippen LogP contribution in [0, 0.1) is 11.8 Å². The zero-order valence-corrected chi connectivity index (χ0v) is 26.7. The lowest BCUT2D eigenvalue weighted by atomic mass is 9.94. The zero-order chi connectivity index (χ0) is 30.6. The van der Waals surface area contributed by atoms with Crippen molar-refractivity contribution < 1.29 is 14.3 Å². The van der Waals surface area contributed by atoms with Crippen LogP contribution < -0.4 is 15.5 Å². The molecule has 5 rings (SSSR count). The van der Waals surface area contributed by atoms with Crippen molar-refractivity contribution in [1.29, 1.82) is 0 Å². The number of aromatic nitrogens is 2. The number of anilines is 2. The molecule has 0 saturated carbocycles. The van der Waals surface area contributed by atoms with Gasteiger partial charge in [-0.2, -0.15) is 0 Å². The van der Waals surface area contributed by atoms with Crippen LogP contribution in [0.1, 0.15) is 66.9 Å². The minimum absolute atomic E-state index is 0.00622. The number of likely N-dealkylation sites (tertiary alicyclic amines) is 1. The van der Waals surface area contributed by atoms with Gasteiger partial charge in [0.25, 0.3) is 5.91 Å². The highest BCUT2D eigenvalue weighted by molar-refractivity contribution is 7.19. The number of amides is 2. The van der Waals surface area contributed by atoms with Crippen LogP contribution in [0.3, 0.4) is 0 Å². The first-order valence-corrected chi connectivity index (χ1v) is 17.0. The second kappa shape index (κ2) is 16.7. The molecule has 9 nitrogen and oxygen atoms in total. The van der Waals surface area contributed by atoms with Gasteiger partial charge < -0.3 is 25.2 Å². The van der Waals surface area contributed by atoms with Gasteiger partial charge in [0.1, 0.15) is 0 Å². The molecule has 2 amide bonds. The molecule has 0 aliphatic carbocycles. The molecule has 236 valence electrons. The van der Waals surface area contributed by atoms with Crippen molar-refractivity contribution in [3.05, 3.63) is 71.3 Å². The summed E-state index contributed by atoms with van der Waals surface area (Å²) in [6, 6.07) is 17.5. The molecule has 3 aromatic rings. The molecule has 2 aliphatic rings. The molecule has 2 saturated heterocycles. The van der Waals surface area contributed by atoms with Crippen LogP contribution in [0.2, 0.25) is 0 Å². The minimum atomic E-state index is -0.0821. The number of ether oxygens (including phenoxy) is 1. The van der Waals surface area contributed by atoms with Crippen molar-refractivity contribution in [2.45, 2.75) is 58.5 Å². The van der Waals surface area contributed by atoms with Gasteiger partial charge in [0, 0.05) is 31.8 Å². The Kier molecular flexibility index (Phi) is 12.1. The van der Waals surface area contributed by atoms with Crippen molar-refractivity contribution in [3.8, 4) is 0 Å². The van der Waals surface area contributed by atoms with E-state index in [4.69, 9.17) is 4.74 Å². The Labute approximate surface area is 265 Å². The summed E-state index contributed by atoms with van der Waals surface area (Å²) >= 11 is 1.43. The molecule has 0 radical (unpaired) electrons. The fourth-order valence-corrected chi connectivity index (χ4v) is 6.88. The number of carbonyl (C=O) groups is 2. The van der Waals surface area contributed by atoms with Crippen molar-refractivity contribution in [1.82, 2.24) is 20.4 Å². The number of hydrogen-bond acceptors (Lipinski definition) is 8. The molecule has 0 bridgehead atoms. The zero-order valence-electron chi connectivity index (χ0n) is 25.9. The Morgan fingerprint density at radius 2 is 1.68 bits per heavy atom. The van der Waals surface area contributed by atoms with Crippen LogP contribution >= 0.6 is 11.3 Å². The minimum Gasteiger partial charge on any atom is -0.377 e. The largest absolute Gasteiger partial charge is 0.377 e. The first-order valence-electron chi connectivity index (χ1n) is 16.1. The van der Waals surface area contributed by atoms with Gasteiger partial charge in [-0.25, -0.2) is 0 Å². The predicted octanol–water partition coefficient (Wildman–Crippen LogP) is 5.39. The van der Waals surface area contributed by atoms with E-state index in [0.717, 1.165) is 81.1 Å². The maximum absolute atomic E-state index is 12.8. The van der Waals surface area contributed by atoms with Gasteiger partial charge in [0.15, 0.2) is 0 Å². The Hall–Kier alpha value is -3.34. The lowest BCUT2D eigenvalue weighted by Gasteiger charge is -2.31. The summed E-state index contributed by atoms with van der Waals surface area (Å²) in [5, 5.41) is 15.9. The number of piperidine rings is 2. The van der Waals surface area contributed by atoms with Crippen LogP contribution in [0.4, 0.5) is 10.3 Å². The lowest BCUT2D eigenvalue weighted by Crippen LogP contribution is -2.38. The SMILES string of the molecule is CCCN1CCC(CNC(=O)c2cccc(COCCC3CCN(c4nnc(NC(=O)Cc5ccccc5)s4)CC3)c2)CC1. The standard InChI is InChI=1S/C34H46N6O3S/c1-2-16-39-17-11-28(12-18-39)24-35-32(42)30-10-6-9-29(22-30)25-43-21-15-26-13-19-40(20-14-26)34-38-37-33(44-34)36-31(41)23-27-7-4-3-5-8-27/h3-10,22,26,28H,2,11-21,23-25H2,1H3,(H,35,42)(H,36,37,41). The summed E-state index contributed by atoms with van der Waals surface area (Å²) in [5.74, 6) is 1.10. The van der Waals surface area contributed by atoms with E-state index in [1.165, 1.54) is 24.3 Å². The van der Waals surface area contributed by atoms with Crippen LogP contribution in [-0.2, 0) is 22.6 Å². The van der Waals surface area contributed by atoms with E-state index >= 15 is 0 Å². The molecule has 10 heteroatoms. The first-order chi connectivity index (χ1) is 21.6. The van der Waals surface area contributed by atoms with E-state index in [2.05, 4.69) is 37.6 Å². The molecule has 0 unspecified atom stereocenters. The Bertz CT molecular complexity index is 1320. The van der Waals surface area contributed by atoms with Crippen LogP contribution in [0.15, 0.2) is 54.6 Å². The van der Waals surface area contributed by atoms with Gasteiger partial charge in [-0.15, -0.1) is 10.2 Å². The third kappa shape index (κ3) is 9.84. The highest BCUT2D eigenvalue weighted by Crippen LogP contribution is 2.29. The van der Waals surface area contributed by atoms with Crippen molar-refractivity contribution >= 4 is 33.4 Å². The number of rotatable bonds is 14. The average Bonchev–Trinajstić information content (AvgIpc) is 3.52. The molecular formula is C34H46N6O3S. The summed E-state index contributed by atoms with van der Waals surface area (Å²) in [5.41, 5.74) is 2.71. The van der Waals surface area contributed by atoms with E-state index in [1.54, 1.807) is 0 Å². The third-order valence-electron chi connectivity index (χ3n) is 8.68. The summed E-state index contributed by atoms with van der Waals surface area (Å²) in [6.07, 6.45) is 7.01. The van der Waals surface area contributed by atoms with Crippen LogP contribution in [0.25, 0.3) is 0 Å². The Morgan fingerprint density at radius 1 is 0.932 bits per heavy atom.